The molecule has 1 atom stereocenters. The van der Waals surface area contributed by atoms with E-state index in [1.165, 1.54) is 11.1 Å². The minimum absolute atomic E-state index is 0.0473. The number of amides is 1. The Morgan fingerprint density at radius 3 is 2.81 bits per heavy atom. The zero-order valence-electron chi connectivity index (χ0n) is 12.8. The van der Waals surface area contributed by atoms with Crippen molar-refractivity contribution >= 4 is 11.6 Å². The largest absolute Gasteiger partial charge is 0.322 e. The molecule has 1 aromatic heterocycles. The summed E-state index contributed by atoms with van der Waals surface area (Å²) in [5.74, 6) is 0.0373. The van der Waals surface area contributed by atoms with Crippen LogP contribution in [0, 0.1) is 13.8 Å². The van der Waals surface area contributed by atoms with Gasteiger partial charge in [0.2, 0.25) is 5.91 Å². The first kappa shape index (κ1) is 13.9. The third-order valence-electron chi connectivity index (χ3n) is 4.44. The minimum Gasteiger partial charge on any atom is -0.322 e. The summed E-state index contributed by atoms with van der Waals surface area (Å²) in [7, 11) is 1.90. The molecule has 1 N–H and O–H groups in total. The van der Waals surface area contributed by atoms with E-state index >= 15 is 0 Å². The Kier molecular flexibility index (Phi) is 3.53. The average Bonchev–Trinajstić information content (AvgIpc) is 2.73. The molecule has 0 aliphatic heterocycles. The first-order chi connectivity index (χ1) is 10.1. The van der Waals surface area contributed by atoms with Crippen LogP contribution in [0.4, 0.5) is 5.69 Å². The molecule has 0 radical (unpaired) electrons. The van der Waals surface area contributed by atoms with Crippen LogP contribution in [0.3, 0.4) is 0 Å². The number of hydrogen-bond donors (Lipinski definition) is 1. The maximum absolute atomic E-state index is 12.7. The summed E-state index contributed by atoms with van der Waals surface area (Å²) in [5, 5.41) is 7.44. The molecule has 0 unspecified atom stereocenters. The van der Waals surface area contributed by atoms with E-state index in [0.29, 0.717) is 0 Å². The Bertz CT molecular complexity index is 687. The molecule has 0 saturated heterocycles. The molecule has 110 valence electrons. The Morgan fingerprint density at radius 2 is 2.10 bits per heavy atom. The number of benzene rings is 1. The van der Waals surface area contributed by atoms with Gasteiger partial charge in [-0.15, -0.1) is 0 Å². The van der Waals surface area contributed by atoms with Crippen molar-refractivity contribution in [3.05, 3.63) is 46.8 Å². The molecule has 4 heteroatoms. The van der Waals surface area contributed by atoms with E-state index in [0.717, 1.165) is 36.3 Å². The van der Waals surface area contributed by atoms with Crippen molar-refractivity contribution in [1.29, 1.82) is 0 Å². The third kappa shape index (κ3) is 2.46. The molecule has 0 fully saturated rings. The molecule has 0 spiro atoms. The highest BCUT2D eigenvalue weighted by atomic mass is 16.1. The second kappa shape index (κ2) is 5.35. The van der Waals surface area contributed by atoms with Gasteiger partial charge in [0, 0.05) is 7.05 Å². The van der Waals surface area contributed by atoms with Crippen LogP contribution in [0.25, 0.3) is 0 Å². The Hall–Kier alpha value is -2.10. The van der Waals surface area contributed by atoms with Gasteiger partial charge in [0.1, 0.15) is 0 Å². The van der Waals surface area contributed by atoms with Crippen LogP contribution in [0.2, 0.25) is 0 Å². The molecule has 0 saturated carbocycles. The third-order valence-corrected chi connectivity index (χ3v) is 4.44. The van der Waals surface area contributed by atoms with Gasteiger partial charge in [-0.3, -0.25) is 9.48 Å². The number of carbonyl (C=O) groups is 1. The van der Waals surface area contributed by atoms with Gasteiger partial charge in [0.05, 0.1) is 23.0 Å². The maximum Gasteiger partial charge on any atom is 0.232 e. The van der Waals surface area contributed by atoms with Crippen LogP contribution in [-0.2, 0) is 18.3 Å². The number of hydrogen-bond acceptors (Lipinski definition) is 2. The van der Waals surface area contributed by atoms with E-state index in [1.807, 2.05) is 27.0 Å². The van der Waals surface area contributed by atoms with Crippen molar-refractivity contribution in [1.82, 2.24) is 9.78 Å². The topological polar surface area (TPSA) is 46.9 Å². The minimum atomic E-state index is -0.0473. The van der Waals surface area contributed by atoms with Crippen molar-refractivity contribution in [2.45, 2.75) is 39.0 Å². The summed E-state index contributed by atoms with van der Waals surface area (Å²) in [5.41, 5.74) is 5.20. The van der Waals surface area contributed by atoms with E-state index in [-0.39, 0.29) is 11.8 Å². The standard InChI is InChI=1S/C17H21N3O/c1-11-16(12(2)20(3)19-11)18-17(21)15-10-6-8-13-7-4-5-9-14(13)15/h4-5,7,9,15H,6,8,10H2,1-3H3,(H,18,21)/t15-/m1/s1. The van der Waals surface area contributed by atoms with E-state index in [1.54, 1.807) is 4.68 Å². The van der Waals surface area contributed by atoms with E-state index < -0.39 is 0 Å². The van der Waals surface area contributed by atoms with Crippen LogP contribution >= 0.6 is 0 Å². The van der Waals surface area contributed by atoms with Crippen molar-refractivity contribution in [2.75, 3.05) is 5.32 Å². The monoisotopic (exact) mass is 283 g/mol. The summed E-state index contributed by atoms with van der Waals surface area (Å²) in [6.07, 6.45) is 3.06. The first-order valence-corrected chi connectivity index (χ1v) is 7.47. The van der Waals surface area contributed by atoms with Crippen LogP contribution in [-0.4, -0.2) is 15.7 Å². The van der Waals surface area contributed by atoms with Gasteiger partial charge in [-0.2, -0.15) is 5.10 Å². The quantitative estimate of drug-likeness (QED) is 0.920. The molecular formula is C17H21N3O. The fourth-order valence-corrected chi connectivity index (χ4v) is 3.19. The molecule has 1 aliphatic carbocycles. The number of fused-ring (bicyclic) bond motifs is 1. The Balaban J connectivity index is 1.87. The second-order valence-electron chi connectivity index (χ2n) is 5.80. The van der Waals surface area contributed by atoms with Gasteiger partial charge in [-0.25, -0.2) is 0 Å². The summed E-state index contributed by atoms with van der Waals surface area (Å²) >= 11 is 0. The van der Waals surface area contributed by atoms with Gasteiger partial charge in [0.25, 0.3) is 0 Å². The lowest BCUT2D eigenvalue weighted by atomic mass is 9.82. The molecule has 2 aromatic rings. The highest BCUT2D eigenvalue weighted by Crippen LogP contribution is 2.33. The fraction of sp³-hybridized carbons (Fsp3) is 0.412. The molecule has 0 bridgehead atoms. The Morgan fingerprint density at radius 1 is 1.33 bits per heavy atom. The van der Waals surface area contributed by atoms with Crippen molar-refractivity contribution in [2.24, 2.45) is 7.05 Å². The number of aryl methyl sites for hydroxylation is 3. The second-order valence-corrected chi connectivity index (χ2v) is 5.80. The SMILES string of the molecule is Cc1nn(C)c(C)c1NC(=O)[C@@H]1CCCc2ccccc21. The maximum atomic E-state index is 12.7. The van der Waals surface area contributed by atoms with Crippen LogP contribution in [0.5, 0.6) is 0 Å². The molecule has 4 nitrogen and oxygen atoms in total. The zero-order valence-corrected chi connectivity index (χ0v) is 12.8. The average molecular weight is 283 g/mol. The highest BCUT2D eigenvalue weighted by molar-refractivity contribution is 5.97. The van der Waals surface area contributed by atoms with Crippen molar-refractivity contribution in [3.63, 3.8) is 0 Å². The molecular weight excluding hydrogens is 262 g/mol. The lowest BCUT2D eigenvalue weighted by Gasteiger charge is -2.24. The summed E-state index contributed by atoms with van der Waals surface area (Å²) in [4.78, 5) is 12.7. The van der Waals surface area contributed by atoms with Crippen molar-refractivity contribution in [3.8, 4) is 0 Å². The number of carbonyl (C=O) groups excluding carboxylic acids is 1. The number of nitrogens with zero attached hydrogens (tertiary/aromatic N) is 2. The van der Waals surface area contributed by atoms with Gasteiger partial charge in [-0.1, -0.05) is 24.3 Å². The lowest BCUT2D eigenvalue weighted by Crippen LogP contribution is -2.25. The first-order valence-electron chi connectivity index (χ1n) is 7.47. The Labute approximate surface area is 125 Å². The predicted molar refractivity (Wildman–Crippen MR) is 83.4 cm³/mol. The number of aromatic nitrogens is 2. The molecule has 1 amide bonds. The number of nitrogens with one attached hydrogen (secondary N) is 1. The van der Waals surface area contributed by atoms with Gasteiger partial charge in [0.15, 0.2) is 0 Å². The molecule has 1 aliphatic rings. The van der Waals surface area contributed by atoms with Gasteiger partial charge in [-0.05, 0) is 44.2 Å². The fourth-order valence-electron chi connectivity index (χ4n) is 3.19. The number of rotatable bonds is 2. The molecule has 3 rings (SSSR count). The van der Waals surface area contributed by atoms with Crippen LogP contribution in [0.15, 0.2) is 24.3 Å². The van der Waals surface area contributed by atoms with Crippen LogP contribution < -0.4 is 5.32 Å². The zero-order chi connectivity index (χ0) is 15.0. The molecule has 1 heterocycles. The van der Waals surface area contributed by atoms with Gasteiger partial charge >= 0.3 is 0 Å². The molecule has 21 heavy (non-hydrogen) atoms. The highest BCUT2D eigenvalue weighted by Gasteiger charge is 2.27. The van der Waals surface area contributed by atoms with E-state index in [2.05, 4.69) is 28.6 Å². The van der Waals surface area contributed by atoms with E-state index in [9.17, 15) is 4.79 Å². The summed E-state index contributed by atoms with van der Waals surface area (Å²) in [6.45, 7) is 3.90. The normalized spacial score (nSPS) is 17.4. The van der Waals surface area contributed by atoms with Crippen LogP contribution in [0.1, 0.15) is 41.3 Å². The van der Waals surface area contributed by atoms with Crippen molar-refractivity contribution < 1.29 is 4.79 Å². The molecule has 1 aromatic carbocycles. The lowest BCUT2D eigenvalue weighted by molar-refractivity contribution is -0.117. The summed E-state index contributed by atoms with van der Waals surface area (Å²) in [6, 6.07) is 8.29. The van der Waals surface area contributed by atoms with Gasteiger partial charge < -0.3 is 5.32 Å². The smallest absolute Gasteiger partial charge is 0.232 e. The predicted octanol–water partition coefficient (Wildman–Crippen LogP) is 3.10. The summed E-state index contributed by atoms with van der Waals surface area (Å²) < 4.78 is 1.81. The number of anilines is 1. The van der Waals surface area contributed by atoms with E-state index in [4.69, 9.17) is 0 Å².